The maximum atomic E-state index is 11.1. The molecule has 0 unspecified atom stereocenters. The fraction of sp³-hybridized carbons (Fsp3) is 0.0833. The standard InChI is InChI=1S/C12H9BrN4O2/c13-8-3-1-7(2-4-8)10-5-9(11(18)19)16-12-14-6-15-17(10)12/h1-6,10H,(H,18,19)(H,14,15,16)/t10-/m0/s1. The van der Waals surface area contributed by atoms with Crippen LogP contribution in [0.15, 0.2) is 46.8 Å². The van der Waals surface area contributed by atoms with Gasteiger partial charge in [-0.25, -0.2) is 9.48 Å². The van der Waals surface area contributed by atoms with E-state index in [2.05, 4.69) is 31.3 Å². The highest BCUT2D eigenvalue weighted by Crippen LogP contribution is 2.28. The average Bonchev–Trinajstić information content (AvgIpc) is 2.86. The van der Waals surface area contributed by atoms with Crippen molar-refractivity contribution in [2.45, 2.75) is 6.04 Å². The molecule has 6 nitrogen and oxygen atoms in total. The fourth-order valence-corrected chi connectivity index (χ4v) is 2.22. The van der Waals surface area contributed by atoms with E-state index in [4.69, 9.17) is 5.11 Å². The van der Waals surface area contributed by atoms with Crippen LogP contribution in [-0.4, -0.2) is 25.8 Å². The Morgan fingerprint density at radius 3 is 2.79 bits per heavy atom. The number of aliphatic carboxylic acids is 1. The van der Waals surface area contributed by atoms with Crippen molar-refractivity contribution >= 4 is 27.8 Å². The summed E-state index contributed by atoms with van der Waals surface area (Å²) in [5.74, 6) is -0.593. The van der Waals surface area contributed by atoms with E-state index in [0.717, 1.165) is 10.0 Å². The second-order valence-electron chi connectivity index (χ2n) is 4.04. The molecule has 0 aliphatic carbocycles. The summed E-state index contributed by atoms with van der Waals surface area (Å²) in [6, 6.07) is 7.37. The molecular formula is C12H9BrN4O2. The Kier molecular flexibility index (Phi) is 2.83. The summed E-state index contributed by atoms with van der Waals surface area (Å²) < 4.78 is 2.61. The molecule has 1 aromatic heterocycles. The maximum absolute atomic E-state index is 11.1. The molecule has 0 amide bonds. The summed E-state index contributed by atoms with van der Waals surface area (Å²) in [5, 5.41) is 16.0. The van der Waals surface area contributed by atoms with Gasteiger partial charge in [0, 0.05) is 4.47 Å². The third-order valence-corrected chi connectivity index (χ3v) is 3.38. The van der Waals surface area contributed by atoms with Crippen LogP contribution in [0.1, 0.15) is 11.6 Å². The van der Waals surface area contributed by atoms with Crippen LogP contribution in [0.4, 0.5) is 5.95 Å². The monoisotopic (exact) mass is 320 g/mol. The summed E-state index contributed by atoms with van der Waals surface area (Å²) >= 11 is 3.37. The van der Waals surface area contributed by atoms with Gasteiger partial charge in [-0.2, -0.15) is 10.1 Å². The molecule has 2 aromatic rings. The minimum Gasteiger partial charge on any atom is -0.477 e. The number of allylic oxidation sites excluding steroid dienone is 1. The highest BCUT2D eigenvalue weighted by atomic mass is 79.9. The number of nitrogens with zero attached hydrogens (tertiary/aromatic N) is 3. The number of anilines is 1. The Labute approximate surface area is 116 Å². The molecule has 1 aromatic carbocycles. The van der Waals surface area contributed by atoms with Crippen LogP contribution in [-0.2, 0) is 4.79 Å². The van der Waals surface area contributed by atoms with E-state index in [-0.39, 0.29) is 11.7 Å². The van der Waals surface area contributed by atoms with Crippen LogP contribution in [0.5, 0.6) is 0 Å². The summed E-state index contributed by atoms with van der Waals surface area (Å²) in [6.45, 7) is 0. The van der Waals surface area contributed by atoms with Gasteiger partial charge in [-0.05, 0) is 23.8 Å². The maximum Gasteiger partial charge on any atom is 0.352 e. The molecule has 0 saturated carbocycles. The smallest absolute Gasteiger partial charge is 0.352 e. The SMILES string of the molecule is O=C(O)C1=C[C@@H](c2ccc(Br)cc2)n2ncnc2N1. The molecule has 1 atom stereocenters. The van der Waals surface area contributed by atoms with E-state index in [0.29, 0.717) is 5.95 Å². The molecule has 1 aliphatic heterocycles. The van der Waals surface area contributed by atoms with Gasteiger partial charge in [-0.3, -0.25) is 0 Å². The van der Waals surface area contributed by atoms with Gasteiger partial charge in [0.1, 0.15) is 18.1 Å². The van der Waals surface area contributed by atoms with Crippen molar-refractivity contribution in [1.29, 1.82) is 0 Å². The number of benzene rings is 1. The number of hydrogen-bond acceptors (Lipinski definition) is 4. The van der Waals surface area contributed by atoms with Gasteiger partial charge in [0.2, 0.25) is 5.95 Å². The van der Waals surface area contributed by atoms with Gasteiger partial charge in [0.15, 0.2) is 0 Å². The highest BCUT2D eigenvalue weighted by molar-refractivity contribution is 9.10. The number of hydrogen-bond donors (Lipinski definition) is 2. The number of halogens is 1. The molecule has 0 fully saturated rings. The first-order chi connectivity index (χ1) is 9.15. The van der Waals surface area contributed by atoms with Crippen molar-refractivity contribution in [3.8, 4) is 0 Å². The predicted octanol–water partition coefficient (Wildman–Crippen LogP) is 2.02. The van der Waals surface area contributed by atoms with Gasteiger partial charge in [-0.15, -0.1) is 0 Å². The third kappa shape index (κ3) is 2.12. The lowest BCUT2D eigenvalue weighted by Gasteiger charge is -2.22. The van der Waals surface area contributed by atoms with E-state index < -0.39 is 5.97 Å². The molecule has 0 saturated heterocycles. The molecule has 1 aliphatic rings. The lowest BCUT2D eigenvalue weighted by atomic mass is 10.0. The van der Waals surface area contributed by atoms with Crippen LogP contribution in [0.25, 0.3) is 0 Å². The minimum absolute atomic E-state index is 0.105. The van der Waals surface area contributed by atoms with Crippen LogP contribution in [0, 0.1) is 0 Å². The Morgan fingerprint density at radius 1 is 1.37 bits per heavy atom. The summed E-state index contributed by atoms with van der Waals surface area (Å²) in [4.78, 5) is 15.1. The lowest BCUT2D eigenvalue weighted by molar-refractivity contribution is -0.132. The fourth-order valence-electron chi connectivity index (χ4n) is 1.96. The molecule has 2 heterocycles. The molecule has 0 bridgehead atoms. The number of rotatable bonds is 2. The van der Waals surface area contributed by atoms with Crippen molar-refractivity contribution in [2.24, 2.45) is 0 Å². The van der Waals surface area contributed by atoms with Crippen LogP contribution < -0.4 is 5.32 Å². The second-order valence-corrected chi connectivity index (χ2v) is 4.95. The first-order valence-corrected chi connectivity index (χ1v) is 6.31. The van der Waals surface area contributed by atoms with E-state index >= 15 is 0 Å². The summed E-state index contributed by atoms with van der Waals surface area (Å²) in [5.41, 5.74) is 1.05. The topological polar surface area (TPSA) is 80.0 Å². The van der Waals surface area contributed by atoms with Crippen LogP contribution >= 0.6 is 15.9 Å². The first kappa shape index (κ1) is 11.9. The molecule has 96 valence electrons. The number of nitrogens with one attached hydrogen (secondary N) is 1. The van der Waals surface area contributed by atoms with E-state index in [1.807, 2.05) is 24.3 Å². The van der Waals surface area contributed by atoms with E-state index in [1.165, 1.54) is 6.33 Å². The number of carbonyl (C=O) groups is 1. The molecule has 7 heteroatoms. The Bertz CT molecular complexity index is 663. The number of aromatic nitrogens is 3. The van der Waals surface area contributed by atoms with E-state index in [1.54, 1.807) is 10.8 Å². The largest absolute Gasteiger partial charge is 0.477 e. The van der Waals surface area contributed by atoms with Crippen molar-refractivity contribution in [2.75, 3.05) is 5.32 Å². The van der Waals surface area contributed by atoms with E-state index in [9.17, 15) is 4.79 Å². The minimum atomic E-state index is -1.02. The van der Waals surface area contributed by atoms with Gasteiger partial charge in [-0.1, -0.05) is 28.1 Å². The zero-order valence-corrected chi connectivity index (χ0v) is 11.2. The number of carboxylic acids is 1. The zero-order chi connectivity index (χ0) is 13.4. The van der Waals surface area contributed by atoms with Crippen molar-refractivity contribution in [1.82, 2.24) is 14.8 Å². The predicted molar refractivity (Wildman–Crippen MR) is 71.6 cm³/mol. The van der Waals surface area contributed by atoms with Crippen molar-refractivity contribution in [3.05, 3.63) is 52.4 Å². The lowest BCUT2D eigenvalue weighted by Crippen LogP contribution is -2.24. The van der Waals surface area contributed by atoms with Crippen molar-refractivity contribution < 1.29 is 9.90 Å². The quantitative estimate of drug-likeness (QED) is 0.885. The molecule has 0 spiro atoms. The van der Waals surface area contributed by atoms with Crippen molar-refractivity contribution in [3.63, 3.8) is 0 Å². The molecule has 0 radical (unpaired) electrons. The summed E-state index contributed by atoms with van der Waals surface area (Å²) in [7, 11) is 0. The van der Waals surface area contributed by atoms with Crippen LogP contribution in [0.3, 0.4) is 0 Å². The zero-order valence-electron chi connectivity index (χ0n) is 9.62. The summed E-state index contributed by atoms with van der Waals surface area (Å²) in [6.07, 6.45) is 3.01. The van der Waals surface area contributed by atoms with Gasteiger partial charge >= 0.3 is 5.97 Å². The molecule has 19 heavy (non-hydrogen) atoms. The Balaban J connectivity index is 2.09. The average molecular weight is 321 g/mol. The molecular weight excluding hydrogens is 312 g/mol. The van der Waals surface area contributed by atoms with Gasteiger partial charge < -0.3 is 10.4 Å². The third-order valence-electron chi connectivity index (χ3n) is 2.85. The Morgan fingerprint density at radius 2 is 2.11 bits per heavy atom. The normalized spacial score (nSPS) is 17.3. The number of fused-ring (bicyclic) bond motifs is 1. The Hall–Kier alpha value is -2.15. The second kappa shape index (κ2) is 4.51. The number of carboxylic acid groups (broad SMARTS) is 1. The highest BCUT2D eigenvalue weighted by Gasteiger charge is 2.25. The van der Waals surface area contributed by atoms with Gasteiger partial charge in [0.25, 0.3) is 0 Å². The molecule has 3 rings (SSSR count). The van der Waals surface area contributed by atoms with Crippen LogP contribution in [0.2, 0.25) is 0 Å². The first-order valence-electron chi connectivity index (χ1n) is 5.52. The molecule has 2 N–H and O–H groups in total. The van der Waals surface area contributed by atoms with Gasteiger partial charge in [0.05, 0.1) is 0 Å².